The molecule has 0 bridgehead atoms. The number of hydrogen-bond acceptors (Lipinski definition) is 4. The van der Waals surface area contributed by atoms with E-state index in [-0.39, 0.29) is 17.5 Å². The van der Waals surface area contributed by atoms with Crippen LogP contribution in [0.1, 0.15) is 28.1 Å². The van der Waals surface area contributed by atoms with E-state index in [4.69, 9.17) is 4.52 Å². The second kappa shape index (κ2) is 8.57. The lowest BCUT2D eigenvalue weighted by atomic mass is 10.1. The predicted octanol–water partition coefficient (Wildman–Crippen LogP) is 4.14. The minimum Gasteiger partial charge on any atom is -0.350 e. The topological polar surface area (TPSA) is 49.6 Å². The van der Waals surface area contributed by atoms with Crippen LogP contribution in [0.15, 0.2) is 59.1 Å². The van der Waals surface area contributed by atoms with Crippen LogP contribution in [0.3, 0.4) is 0 Å². The molecule has 3 aromatic rings. The third-order valence-electron chi connectivity index (χ3n) is 5.30. The zero-order chi connectivity index (χ0) is 20.2. The van der Waals surface area contributed by atoms with Gasteiger partial charge in [0.1, 0.15) is 11.5 Å². The summed E-state index contributed by atoms with van der Waals surface area (Å²) in [6.07, 6.45) is 0.832. The summed E-state index contributed by atoms with van der Waals surface area (Å²) in [6.45, 7) is 5.31. The van der Waals surface area contributed by atoms with Gasteiger partial charge >= 0.3 is 0 Å². The second-order valence-electron chi connectivity index (χ2n) is 7.46. The van der Waals surface area contributed by atoms with Crippen molar-refractivity contribution >= 4 is 5.91 Å². The molecule has 0 atom stereocenters. The van der Waals surface area contributed by atoms with Gasteiger partial charge < -0.3 is 9.42 Å². The highest BCUT2D eigenvalue weighted by molar-refractivity contribution is 5.92. The normalized spacial score (nSPS) is 15.3. The Morgan fingerprint density at radius 1 is 1.07 bits per heavy atom. The van der Waals surface area contributed by atoms with Gasteiger partial charge in [-0.15, -0.1) is 0 Å². The summed E-state index contributed by atoms with van der Waals surface area (Å²) in [6, 6.07) is 16.5. The molecule has 150 valence electrons. The molecule has 1 aliphatic heterocycles. The van der Waals surface area contributed by atoms with E-state index in [2.05, 4.69) is 10.1 Å². The number of rotatable bonds is 4. The largest absolute Gasteiger partial charge is 0.350 e. The highest BCUT2D eigenvalue weighted by Crippen LogP contribution is 2.21. The third-order valence-corrected chi connectivity index (χ3v) is 5.30. The van der Waals surface area contributed by atoms with E-state index in [9.17, 15) is 9.18 Å². The van der Waals surface area contributed by atoms with E-state index in [0.29, 0.717) is 37.4 Å². The number of carbonyl (C=O) groups excluding carboxylic acids is 1. The minimum atomic E-state index is -0.185. The summed E-state index contributed by atoms with van der Waals surface area (Å²) in [7, 11) is 0. The van der Waals surface area contributed by atoms with Crippen LogP contribution >= 0.6 is 0 Å². The van der Waals surface area contributed by atoms with Gasteiger partial charge in [0.2, 0.25) is 5.76 Å². The number of amides is 1. The fourth-order valence-corrected chi connectivity index (χ4v) is 3.59. The summed E-state index contributed by atoms with van der Waals surface area (Å²) >= 11 is 0. The maximum atomic E-state index is 13.9. The average Bonchev–Trinajstić information content (AvgIpc) is 3.10. The van der Waals surface area contributed by atoms with Crippen LogP contribution in [0.5, 0.6) is 0 Å². The lowest BCUT2D eigenvalue weighted by Crippen LogP contribution is -2.35. The molecule has 1 fully saturated rings. The Bertz CT molecular complexity index is 984. The van der Waals surface area contributed by atoms with Gasteiger partial charge in [0.25, 0.3) is 5.91 Å². The monoisotopic (exact) mass is 393 g/mol. The maximum Gasteiger partial charge on any atom is 0.292 e. The summed E-state index contributed by atoms with van der Waals surface area (Å²) in [4.78, 5) is 16.9. The quantitative estimate of drug-likeness (QED) is 0.669. The van der Waals surface area contributed by atoms with Gasteiger partial charge in [-0.05, 0) is 19.4 Å². The molecule has 0 aliphatic carbocycles. The molecule has 2 aromatic carbocycles. The SMILES string of the molecule is Cc1ccc(-c2cc(C(=O)N3CCCN(Cc4ccccc4F)CC3)on2)cc1. The molecule has 1 saturated heterocycles. The molecule has 1 amide bonds. The van der Waals surface area contributed by atoms with Crippen LogP contribution in [0, 0.1) is 12.7 Å². The third kappa shape index (κ3) is 4.54. The molecular weight excluding hydrogens is 369 g/mol. The van der Waals surface area contributed by atoms with Crippen molar-refractivity contribution in [1.29, 1.82) is 0 Å². The molecule has 1 aliphatic rings. The highest BCUT2D eigenvalue weighted by atomic mass is 19.1. The van der Waals surface area contributed by atoms with Crippen molar-refractivity contribution in [3.05, 3.63) is 77.3 Å². The van der Waals surface area contributed by atoms with Gasteiger partial charge in [-0.3, -0.25) is 9.69 Å². The van der Waals surface area contributed by atoms with E-state index in [0.717, 1.165) is 24.1 Å². The first-order valence-electron chi connectivity index (χ1n) is 9.89. The van der Waals surface area contributed by atoms with Gasteiger partial charge in [0, 0.05) is 49.9 Å². The lowest BCUT2D eigenvalue weighted by Gasteiger charge is -2.21. The molecule has 0 N–H and O–H groups in total. The molecule has 2 heterocycles. The Kier molecular flexibility index (Phi) is 5.71. The van der Waals surface area contributed by atoms with E-state index in [1.165, 1.54) is 6.07 Å². The van der Waals surface area contributed by atoms with Crippen LogP contribution in [-0.2, 0) is 6.54 Å². The molecule has 0 unspecified atom stereocenters. The Labute approximate surface area is 169 Å². The van der Waals surface area contributed by atoms with Crippen molar-refractivity contribution in [2.45, 2.75) is 19.9 Å². The van der Waals surface area contributed by atoms with Crippen molar-refractivity contribution in [2.24, 2.45) is 0 Å². The number of nitrogens with zero attached hydrogens (tertiary/aromatic N) is 3. The van der Waals surface area contributed by atoms with Gasteiger partial charge in [0.05, 0.1) is 0 Å². The van der Waals surface area contributed by atoms with Gasteiger partial charge in [-0.2, -0.15) is 0 Å². The Morgan fingerprint density at radius 3 is 2.66 bits per heavy atom. The zero-order valence-electron chi connectivity index (χ0n) is 16.5. The Morgan fingerprint density at radius 2 is 1.86 bits per heavy atom. The molecule has 4 rings (SSSR count). The average molecular weight is 393 g/mol. The molecule has 0 saturated carbocycles. The van der Waals surface area contributed by atoms with E-state index >= 15 is 0 Å². The van der Waals surface area contributed by atoms with Crippen molar-refractivity contribution in [3.8, 4) is 11.3 Å². The number of benzene rings is 2. The second-order valence-corrected chi connectivity index (χ2v) is 7.46. The first-order valence-corrected chi connectivity index (χ1v) is 9.89. The van der Waals surface area contributed by atoms with Crippen molar-refractivity contribution in [3.63, 3.8) is 0 Å². The first-order chi connectivity index (χ1) is 14.1. The Balaban J connectivity index is 1.40. The standard InChI is InChI=1S/C23H24FN3O2/c1-17-7-9-18(10-8-17)21-15-22(29-25-21)23(28)27-12-4-11-26(13-14-27)16-19-5-2-3-6-20(19)24/h2-3,5-10,15H,4,11-14,16H2,1H3. The van der Waals surface area contributed by atoms with Crippen LogP contribution in [0.2, 0.25) is 0 Å². The number of hydrogen-bond donors (Lipinski definition) is 0. The molecule has 1 aromatic heterocycles. The highest BCUT2D eigenvalue weighted by Gasteiger charge is 2.24. The molecule has 6 heteroatoms. The van der Waals surface area contributed by atoms with E-state index in [1.54, 1.807) is 17.0 Å². The van der Waals surface area contributed by atoms with Crippen molar-refractivity contribution in [1.82, 2.24) is 15.0 Å². The fourth-order valence-electron chi connectivity index (χ4n) is 3.59. The smallest absolute Gasteiger partial charge is 0.292 e. The zero-order valence-corrected chi connectivity index (χ0v) is 16.5. The molecule has 0 spiro atoms. The molecule has 29 heavy (non-hydrogen) atoms. The fraction of sp³-hybridized carbons (Fsp3) is 0.304. The lowest BCUT2D eigenvalue weighted by molar-refractivity contribution is 0.0719. The summed E-state index contributed by atoms with van der Waals surface area (Å²) in [5.41, 5.74) is 3.43. The van der Waals surface area contributed by atoms with Crippen LogP contribution in [-0.4, -0.2) is 47.0 Å². The number of aryl methyl sites for hydroxylation is 1. The number of aromatic nitrogens is 1. The van der Waals surface area contributed by atoms with Gasteiger partial charge in [0.15, 0.2) is 0 Å². The number of carbonyl (C=O) groups is 1. The van der Waals surface area contributed by atoms with Crippen molar-refractivity contribution < 1.29 is 13.7 Å². The number of halogens is 1. The van der Waals surface area contributed by atoms with Gasteiger partial charge in [-0.1, -0.05) is 53.2 Å². The maximum absolute atomic E-state index is 13.9. The van der Waals surface area contributed by atoms with E-state index < -0.39 is 0 Å². The Hall–Kier alpha value is -2.99. The molecule has 0 radical (unpaired) electrons. The molecule has 5 nitrogen and oxygen atoms in total. The summed E-state index contributed by atoms with van der Waals surface area (Å²) in [5, 5.41) is 4.06. The predicted molar refractivity (Wildman–Crippen MR) is 109 cm³/mol. The van der Waals surface area contributed by atoms with Gasteiger partial charge in [-0.25, -0.2) is 4.39 Å². The summed E-state index contributed by atoms with van der Waals surface area (Å²) < 4.78 is 19.3. The van der Waals surface area contributed by atoms with Crippen LogP contribution in [0.4, 0.5) is 4.39 Å². The van der Waals surface area contributed by atoms with Crippen LogP contribution < -0.4 is 0 Å². The van der Waals surface area contributed by atoms with Crippen molar-refractivity contribution in [2.75, 3.05) is 26.2 Å². The summed E-state index contributed by atoms with van der Waals surface area (Å²) in [5.74, 6) is -0.0818. The molecular formula is C23H24FN3O2. The van der Waals surface area contributed by atoms with Crippen LogP contribution in [0.25, 0.3) is 11.3 Å². The first kappa shape index (κ1) is 19.3. The minimum absolute atomic E-state index is 0.149. The van der Waals surface area contributed by atoms with E-state index in [1.807, 2.05) is 43.3 Å².